The number of halogens is 1. The smallest absolute Gasteiger partial charge is 0.236 e. The quantitative estimate of drug-likeness (QED) is 0.803. The van der Waals surface area contributed by atoms with E-state index in [1.165, 1.54) is 4.88 Å². The van der Waals surface area contributed by atoms with E-state index in [4.69, 9.17) is 11.6 Å². The van der Waals surface area contributed by atoms with Crippen LogP contribution in [0.15, 0.2) is 12.1 Å². The van der Waals surface area contributed by atoms with Crippen molar-refractivity contribution in [3.8, 4) is 0 Å². The number of hydrogen-bond acceptors (Lipinski definition) is 3. The Balaban J connectivity index is 2.54. The average molecular weight is 289 g/mol. The summed E-state index contributed by atoms with van der Waals surface area (Å²) in [5.41, 5.74) is 0. The third-order valence-corrected chi connectivity index (χ3v) is 4.20. The Morgan fingerprint density at radius 3 is 2.56 bits per heavy atom. The first kappa shape index (κ1) is 15.5. The van der Waals surface area contributed by atoms with Crippen molar-refractivity contribution in [1.29, 1.82) is 0 Å². The highest BCUT2D eigenvalue weighted by atomic mass is 35.5. The maximum atomic E-state index is 12.0. The molecular formula is C13H21ClN2OS. The van der Waals surface area contributed by atoms with Gasteiger partial charge in [-0.2, -0.15) is 0 Å². The van der Waals surface area contributed by atoms with Crippen LogP contribution in [0, 0.1) is 0 Å². The highest BCUT2D eigenvalue weighted by Crippen LogP contribution is 2.22. The van der Waals surface area contributed by atoms with Crippen LogP contribution in [0.1, 0.15) is 25.6 Å². The second-order valence-electron chi connectivity index (χ2n) is 4.61. The molecule has 1 aromatic rings. The molecule has 0 N–H and O–H groups in total. The first-order chi connectivity index (χ1) is 8.43. The van der Waals surface area contributed by atoms with Crippen LogP contribution >= 0.6 is 22.9 Å². The highest BCUT2D eigenvalue weighted by molar-refractivity contribution is 7.16. The third-order valence-electron chi connectivity index (χ3n) is 2.98. The van der Waals surface area contributed by atoms with Crippen LogP contribution in [0.2, 0.25) is 4.34 Å². The van der Waals surface area contributed by atoms with Crippen LogP contribution in [-0.2, 0) is 11.3 Å². The molecule has 0 aliphatic rings. The van der Waals surface area contributed by atoms with Gasteiger partial charge < -0.3 is 4.90 Å². The summed E-state index contributed by atoms with van der Waals surface area (Å²) in [5.74, 6) is 0.162. The standard InChI is InChI=1S/C13H21ClN2OS/c1-5-16(8-11-6-7-12(14)18-11)9-13(17)15(4)10(2)3/h6-7,10H,5,8-9H2,1-4H3. The normalized spacial score (nSPS) is 11.3. The van der Waals surface area contributed by atoms with Crippen LogP contribution in [0.3, 0.4) is 0 Å². The zero-order chi connectivity index (χ0) is 13.7. The first-order valence-electron chi connectivity index (χ1n) is 6.16. The van der Waals surface area contributed by atoms with Crippen molar-refractivity contribution >= 4 is 28.8 Å². The van der Waals surface area contributed by atoms with E-state index in [0.29, 0.717) is 6.54 Å². The maximum Gasteiger partial charge on any atom is 0.236 e. The van der Waals surface area contributed by atoms with E-state index < -0.39 is 0 Å². The van der Waals surface area contributed by atoms with Gasteiger partial charge in [0.05, 0.1) is 10.9 Å². The molecule has 0 bridgehead atoms. The Morgan fingerprint density at radius 1 is 1.44 bits per heavy atom. The molecule has 0 unspecified atom stereocenters. The molecule has 3 nitrogen and oxygen atoms in total. The Bertz CT molecular complexity index is 392. The molecule has 0 aliphatic carbocycles. The van der Waals surface area contributed by atoms with Crippen LogP contribution in [0.25, 0.3) is 0 Å². The van der Waals surface area contributed by atoms with Gasteiger partial charge in [0, 0.05) is 24.5 Å². The lowest BCUT2D eigenvalue weighted by atomic mass is 10.3. The summed E-state index contributed by atoms with van der Waals surface area (Å²) in [5, 5.41) is 0. The van der Waals surface area contributed by atoms with Gasteiger partial charge in [-0.15, -0.1) is 11.3 Å². The Labute approximate surface area is 118 Å². The van der Waals surface area contributed by atoms with Crippen molar-refractivity contribution in [2.45, 2.75) is 33.4 Å². The molecule has 0 saturated heterocycles. The van der Waals surface area contributed by atoms with Gasteiger partial charge in [0.25, 0.3) is 0 Å². The van der Waals surface area contributed by atoms with E-state index in [0.717, 1.165) is 17.4 Å². The monoisotopic (exact) mass is 288 g/mol. The zero-order valence-corrected chi connectivity index (χ0v) is 13.0. The number of amides is 1. The molecule has 0 fully saturated rings. The van der Waals surface area contributed by atoms with Crippen LogP contribution < -0.4 is 0 Å². The van der Waals surface area contributed by atoms with Crippen molar-refractivity contribution in [2.24, 2.45) is 0 Å². The fourth-order valence-corrected chi connectivity index (χ4v) is 2.66. The van der Waals surface area contributed by atoms with E-state index in [9.17, 15) is 4.79 Å². The van der Waals surface area contributed by atoms with Gasteiger partial charge in [0.15, 0.2) is 0 Å². The predicted molar refractivity (Wildman–Crippen MR) is 78.2 cm³/mol. The molecule has 0 atom stereocenters. The van der Waals surface area contributed by atoms with Crippen LogP contribution in [0.5, 0.6) is 0 Å². The van der Waals surface area contributed by atoms with Gasteiger partial charge in [-0.25, -0.2) is 0 Å². The average Bonchev–Trinajstić information content (AvgIpc) is 2.72. The molecular weight excluding hydrogens is 268 g/mol. The summed E-state index contributed by atoms with van der Waals surface area (Å²) >= 11 is 7.48. The molecule has 1 amide bonds. The summed E-state index contributed by atoms with van der Waals surface area (Å²) < 4.78 is 0.798. The molecule has 0 aliphatic heterocycles. The third kappa shape index (κ3) is 4.59. The Morgan fingerprint density at radius 2 is 2.11 bits per heavy atom. The first-order valence-corrected chi connectivity index (χ1v) is 7.35. The maximum absolute atomic E-state index is 12.0. The molecule has 1 aromatic heterocycles. The highest BCUT2D eigenvalue weighted by Gasteiger charge is 2.16. The van der Waals surface area contributed by atoms with Gasteiger partial charge >= 0.3 is 0 Å². The summed E-state index contributed by atoms with van der Waals surface area (Å²) in [6, 6.07) is 4.16. The minimum atomic E-state index is 0.162. The molecule has 0 spiro atoms. The van der Waals surface area contributed by atoms with Crippen LogP contribution in [0.4, 0.5) is 0 Å². The van der Waals surface area contributed by atoms with Crippen molar-refractivity contribution in [3.05, 3.63) is 21.3 Å². The largest absolute Gasteiger partial charge is 0.342 e. The van der Waals surface area contributed by atoms with Crippen molar-refractivity contribution in [3.63, 3.8) is 0 Å². The molecule has 0 aromatic carbocycles. The number of rotatable bonds is 6. The zero-order valence-electron chi connectivity index (χ0n) is 11.4. The number of likely N-dealkylation sites (N-methyl/N-ethyl adjacent to an activating group) is 2. The number of nitrogens with zero attached hydrogens (tertiary/aromatic N) is 2. The number of hydrogen-bond donors (Lipinski definition) is 0. The van der Waals surface area contributed by atoms with Gasteiger partial charge in [-0.3, -0.25) is 9.69 Å². The van der Waals surface area contributed by atoms with Crippen LogP contribution in [-0.4, -0.2) is 41.9 Å². The van der Waals surface area contributed by atoms with E-state index in [1.54, 1.807) is 16.2 Å². The molecule has 18 heavy (non-hydrogen) atoms. The number of carbonyl (C=O) groups is 1. The summed E-state index contributed by atoms with van der Waals surface area (Å²) in [7, 11) is 1.85. The van der Waals surface area contributed by atoms with Gasteiger partial charge in [0.2, 0.25) is 5.91 Å². The topological polar surface area (TPSA) is 23.6 Å². The number of carbonyl (C=O) groups excluding carboxylic acids is 1. The predicted octanol–water partition coefficient (Wildman–Crippen LogP) is 3.09. The second kappa shape index (κ2) is 7.12. The summed E-state index contributed by atoms with van der Waals surface area (Å²) in [4.78, 5) is 17.1. The Hall–Kier alpha value is -0.580. The molecule has 1 rings (SSSR count). The minimum absolute atomic E-state index is 0.162. The molecule has 0 radical (unpaired) electrons. The molecule has 1 heterocycles. The number of thiophene rings is 1. The lowest BCUT2D eigenvalue weighted by molar-refractivity contribution is -0.132. The summed E-state index contributed by atoms with van der Waals surface area (Å²) in [6.07, 6.45) is 0. The fraction of sp³-hybridized carbons (Fsp3) is 0.615. The van der Waals surface area contributed by atoms with E-state index in [1.807, 2.05) is 33.0 Å². The fourth-order valence-electron chi connectivity index (χ4n) is 1.53. The van der Waals surface area contributed by atoms with E-state index in [-0.39, 0.29) is 11.9 Å². The van der Waals surface area contributed by atoms with Gasteiger partial charge in [-0.1, -0.05) is 18.5 Å². The minimum Gasteiger partial charge on any atom is -0.342 e. The Kier molecular flexibility index (Phi) is 6.12. The molecule has 5 heteroatoms. The lowest BCUT2D eigenvalue weighted by Crippen LogP contribution is -2.41. The van der Waals surface area contributed by atoms with E-state index in [2.05, 4.69) is 11.8 Å². The molecule has 0 saturated carbocycles. The van der Waals surface area contributed by atoms with Gasteiger partial charge in [0.1, 0.15) is 0 Å². The second-order valence-corrected chi connectivity index (χ2v) is 6.41. The van der Waals surface area contributed by atoms with Crippen molar-refractivity contribution in [2.75, 3.05) is 20.1 Å². The molecule has 102 valence electrons. The van der Waals surface area contributed by atoms with E-state index >= 15 is 0 Å². The SMILES string of the molecule is CCN(CC(=O)N(C)C(C)C)Cc1ccc(Cl)s1. The van der Waals surface area contributed by atoms with Crippen molar-refractivity contribution in [1.82, 2.24) is 9.80 Å². The van der Waals surface area contributed by atoms with Gasteiger partial charge in [-0.05, 0) is 32.5 Å². The van der Waals surface area contributed by atoms with Crippen molar-refractivity contribution < 1.29 is 4.79 Å². The summed E-state index contributed by atoms with van der Waals surface area (Å²) in [6.45, 7) is 8.21. The lowest BCUT2D eigenvalue weighted by Gasteiger charge is -2.26.